The Labute approximate surface area is 109 Å². The number of rotatable bonds is 6. The number of hydrogen-bond donors (Lipinski definition) is 0. The van der Waals surface area contributed by atoms with Crippen LogP contribution in [0.4, 0.5) is 18.9 Å². The summed E-state index contributed by atoms with van der Waals surface area (Å²) in [7, 11) is 0. The second kappa shape index (κ2) is 6.22. The van der Waals surface area contributed by atoms with Crippen LogP contribution in [-0.2, 0) is 6.18 Å². The molecule has 0 bridgehead atoms. The van der Waals surface area contributed by atoms with Crippen LogP contribution in [0.5, 0.6) is 0 Å². The summed E-state index contributed by atoms with van der Waals surface area (Å²) in [5.41, 5.74) is -0.927. The molecule has 0 aliphatic heterocycles. The van der Waals surface area contributed by atoms with E-state index in [0.717, 1.165) is 6.07 Å². The Balaban J connectivity index is 3.26. The Bertz CT molecular complexity index is 470. The predicted molar refractivity (Wildman–Crippen MR) is 69.4 cm³/mol. The van der Waals surface area contributed by atoms with E-state index in [0.29, 0.717) is 18.8 Å². The Morgan fingerprint density at radius 2 is 1.74 bits per heavy atom. The van der Waals surface area contributed by atoms with Crippen molar-refractivity contribution in [2.75, 3.05) is 18.0 Å². The Morgan fingerprint density at radius 3 is 2.16 bits per heavy atom. The summed E-state index contributed by atoms with van der Waals surface area (Å²) < 4.78 is 38.5. The Hall–Kier alpha value is -2.04. The zero-order valence-electron chi connectivity index (χ0n) is 10.3. The van der Waals surface area contributed by atoms with Gasteiger partial charge >= 0.3 is 6.18 Å². The summed E-state index contributed by atoms with van der Waals surface area (Å²) in [6, 6.07) is 3.62. The molecule has 0 saturated carbocycles. The fourth-order valence-electron chi connectivity index (χ4n) is 1.69. The van der Waals surface area contributed by atoms with Crippen molar-refractivity contribution in [1.29, 1.82) is 0 Å². The van der Waals surface area contributed by atoms with Gasteiger partial charge in [0, 0.05) is 24.3 Å². The lowest BCUT2D eigenvalue weighted by Crippen LogP contribution is -2.24. The van der Waals surface area contributed by atoms with E-state index in [1.54, 1.807) is 17.1 Å². The minimum Gasteiger partial charge on any atom is -0.364 e. The molecule has 19 heavy (non-hydrogen) atoms. The minimum absolute atomic E-state index is 0.206. The summed E-state index contributed by atoms with van der Waals surface area (Å²) in [4.78, 5) is 12.3. The second-order valence-electron chi connectivity index (χ2n) is 3.87. The van der Waals surface area contributed by atoms with Crippen LogP contribution in [0.3, 0.4) is 0 Å². The summed E-state index contributed by atoms with van der Waals surface area (Å²) >= 11 is 0. The smallest absolute Gasteiger partial charge is 0.364 e. The van der Waals surface area contributed by atoms with Gasteiger partial charge in [0.2, 0.25) is 0 Å². The van der Waals surface area contributed by atoms with Crippen LogP contribution in [0.25, 0.3) is 0 Å². The van der Waals surface area contributed by atoms with Crippen LogP contribution in [-0.4, -0.2) is 19.4 Å². The highest BCUT2D eigenvalue weighted by Gasteiger charge is 2.33. The van der Waals surface area contributed by atoms with E-state index in [1.165, 1.54) is 12.1 Å². The van der Waals surface area contributed by atoms with E-state index in [-0.39, 0.29) is 11.8 Å². The topological polar surface area (TPSA) is 20.3 Å². The number of alkyl halides is 3. The zero-order chi connectivity index (χ0) is 14.5. The first-order valence-electron chi connectivity index (χ1n) is 5.57. The van der Waals surface area contributed by atoms with Crippen molar-refractivity contribution in [3.8, 4) is 0 Å². The molecule has 0 heterocycles. The average molecular weight is 269 g/mol. The van der Waals surface area contributed by atoms with Crippen molar-refractivity contribution in [1.82, 2.24) is 0 Å². The number of benzene rings is 1. The molecule has 0 unspecified atom stereocenters. The summed E-state index contributed by atoms with van der Waals surface area (Å²) in [5, 5.41) is 0. The average Bonchev–Trinajstić information content (AvgIpc) is 2.37. The van der Waals surface area contributed by atoms with Gasteiger partial charge in [-0.1, -0.05) is 12.2 Å². The molecule has 0 spiro atoms. The molecule has 1 aromatic rings. The van der Waals surface area contributed by atoms with Crippen LogP contribution in [0.2, 0.25) is 0 Å². The van der Waals surface area contributed by atoms with Gasteiger partial charge in [-0.05, 0) is 18.2 Å². The van der Waals surface area contributed by atoms with Crippen molar-refractivity contribution in [2.24, 2.45) is 0 Å². The number of aldehydes is 1. The maximum Gasteiger partial charge on any atom is 0.417 e. The number of nitrogens with zero attached hydrogens (tertiary/aromatic N) is 1. The van der Waals surface area contributed by atoms with Gasteiger partial charge < -0.3 is 4.90 Å². The fourth-order valence-corrected chi connectivity index (χ4v) is 1.69. The molecule has 0 aliphatic rings. The molecule has 0 aliphatic carbocycles. The van der Waals surface area contributed by atoms with E-state index in [1.807, 2.05) is 0 Å². The van der Waals surface area contributed by atoms with Crippen LogP contribution < -0.4 is 4.90 Å². The van der Waals surface area contributed by atoms with Crippen LogP contribution in [0.1, 0.15) is 15.9 Å². The molecule has 0 N–H and O–H groups in total. The first-order valence-corrected chi connectivity index (χ1v) is 5.57. The van der Waals surface area contributed by atoms with Gasteiger partial charge in [-0.3, -0.25) is 4.79 Å². The second-order valence-corrected chi connectivity index (χ2v) is 3.87. The van der Waals surface area contributed by atoms with Gasteiger partial charge in [-0.25, -0.2) is 0 Å². The third-order valence-corrected chi connectivity index (χ3v) is 2.53. The first-order chi connectivity index (χ1) is 8.93. The molecule has 1 aromatic carbocycles. The Morgan fingerprint density at radius 1 is 1.16 bits per heavy atom. The normalized spacial score (nSPS) is 10.9. The van der Waals surface area contributed by atoms with Gasteiger partial charge in [0.05, 0.1) is 5.56 Å². The molecule has 0 saturated heterocycles. The summed E-state index contributed by atoms with van der Waals surface area (Å²) in [6.07, 6.45) is -1.17. The molecule has 5 heteroatoms. The fraction of sp³-hybridized carbons (Fsp3) is 0.214. The zero-order valence-corrected chi connectivity index (χ0v) is 10.3. The molecule has 1 rings (SSSR count). The van der Waals surface area contributed by atoms with Crippen molar-refractivity contribution >= 4 is 12.0 Å². The molecule has 102 valence electrons. The SMILES string of the molecule is C=CCN(CC=C)c1ccc(C=O)c(C(F)(F)F)c1. The highest BCUT2D eigenvalue weighted by atomic mass is 19.4. The molecule has 0 aromatic heterocycles. The third kappa shape index (κ3) is 3.71. The molecule has 0 fully saturated rings. The number of halogens is 3. The van der Waals surface area contributed by atoms with Crippen LogP contribution in [0, 0.1) is 0 Å². The van der Waals surface area contributed by atoms with Gasteiger partial charge in [0.15, 0.2) is 6.29 Å². The standard InChI is InChI=1S/C14H14F3NO/c1-3-7-18(8-4-2)12-6-5-11(10-19)13(9-12)14(15,16)17/h3-6,9-10H,1-2,7-8H2. The molecular formula is C14H14F3NO. The van der Waals surface area contributed by atoms with E-state index < -0.39 is 11.7 Å². The highest BCUT2D eigenvalue weighted by molar-refractivity contribution is 5.79. The first kappa shape index (κ1) is 15.0. The van der Waals surface area contributed by atoms with Gasteiger partial charge in [-0.15, -0.1) is 13.2 Å². The van der Waals surface area contributed by atoms with Crippen LogP contribution >= 0.6 is 0 Å². The van der Waals surface area contributed by atoms with Crippen molar-refractivity contribution in [2.45, 2.75) is 6.18 Å². The lowest BCUT2D eigenvalue weighted by atomic mass is 10.1. The van der Waals surface area contributed by atoms with Crippen molar-refractivity contribution in [3.05, 3.63) is 54.6 Å². The van der Waals surface area contributed by atoms with E-state index in [9.17, 15) is 18.0 Å². The molecule has 0 amide bonds. The summed E-state index contributed by atoms with van der Waals surface area (Å²) in [5.74, 6) is 0. The van der Waals surface area contributed by atoms with Gasteiger partial charge in [0.25, 0.3) is 0 Å². The predicted octanol–water partition coefficient (Wildman–Crippen LogP) is 3.70. The number of anilines is 1. The number of carbonyl (C=O) groups is 1. The van der Waals surface area contributed by atoms with Gasteiger partial charge in [-0.2, -0.15) is 13.2 Å². The lowest BCUT2D eigenvalue weighted by Gasteiger charge is -2.23. The Kier molecular flexibility index (Phi) is 4.92. The van der Waals surface area contributed by atoms with Crippen LogP contribution in [0.15, 0.2) is 43.5 Å². The molecular weight excluding hydrogens is 255 g/mol. The number of hydrogen-bond acceptors (Lipinski definition) is 2. The maximum atomic E-state index is 12.8. The van der Waals surface area contributed by atoms with Crippen molar-refractivity contribution < 1.29 is 18.0 Å². The molecule has 0 atom stereocenters. The van der Waals surface area contributed by atoms with E-state index in [4.69, 9.17) is 0 Å². The number of carbonyl (C=O) groups excluding carboxylic acids is 1. The van der Waals surface area contributed by atoms with Gasteiger partial charge in [0.1, 0.15) is 0 Å². The van der Waals surface area contributed by atoms with Crippen molar-refractivity contribution in [3.63, 3.8) is 0 Å². The minimum atomic E-state index is -4.56. The maximum absolute atomic E-state index is 12.8. The molecule has 2 nitrogen and oxygen atoms in total. The third-order valence-electron chi connectivity index (χ3n) is 2.53. The largest absolute Gasteiger partial charge is 0.417 e. The quantitative estimate of drug-likeness (QED) is 0.579. The lowest BCUT2D eigenvalue weighted by molar-refractivity contribution is -0.137. The molecule has 0 radical (unpaired) electrons. The summed E-state index contributed by atoms with van der Waals surface area (Å²) in [6.45, 7) is 7.90. The van der Waals surface area contributed by atoms with E-state index in [2.05, 4.69) is 13.2 Å². The highest BCUT2D eigenvalue weighted by Crippen LogP contribution is 2.34. The monoisotopic (exact) mass is 269 g/mol. The van der Waals surface area contributed by atoms with E-state index >= 15 is 0 Å².